The van der Waals surface area contributed by atoms with E-state index in [0.717, 1.165) is 6.33 Å². The lowest BCUT2D eigenvalue weighted by atomic mass is 10.1. The zero-order valence-electron chi connectivity index (χ0n) is 15.2. The molecule has 2 heterocycles. The normalized spacial score (nSPS) is 10.9. The molecule has 6 nitrogen and oxygen atoms in total. The molecule has 0 amide bonds. The van der Waals surface area contributed by atoms with Crippen LogP contribution in [0.1, 0.15) is 15.9 Å². The lowest BCUT2D eigenvalue weighted by Gasteiger charge is -2.12. The highest BCUT2D eigenvalue weighted by Crippen LogP contribution is 2.24. The fraction of sp³-hybridized carbons (Fsp3) is 0.0476. The van der Waals surface area contributed by atoms with Gasteiger partial charge in [-0.1, -0.05) is 0 Å². The van der Waals surface area contributed by atoms with Gasteiger partial charge >= 0.3 is 0 Å². The molecule has 4 aromatic rings. The fourth-order valence-electron chi connectivity index (χ4n) is 2.92. The predicted octanol–water partition coefficient (Wildman–Crippen LogP) is 3.86. The highest BCUT2D eigenvalue weighted by Gasteiger charge is 2.14. The molecular formula is C21H12F3N3O3. The van der Waals surface area contributed by atoms with E-state index in [1.807, 2.05) is 0 Å². The number of carbonyl (C=O) groups is 1. The number of nitrogens with zero attached hydrogens (tertiary/aromatic N) is 3. The maximum absolute atomic E-state index is 14.0. The van der Waals surface area contributed by atoms with Crippen LogP contribution in [-0.2, 0) is 6.54 Å². The van der Waals surface area contributed by atoms with Crippen LogP contribution >= 0.6 is 0 Å². The lowest BCUT2D eigenvalue weighted by Crippen LogP contribution is -2.14. The summed E-state index contributed by atoms with van der Waals surface area (Å²) in [5.74, 6) is -2.61. The molecule has 30 heavy (non-hydrogen) atoms. The minimum absolute atomic E-state index is 0.155. The maximum atomic E-state index is 14.0. The SMILES string of the molecule is O=Cc1ccc(Oc2ccc3c(c2)c(=O)ncn3Cc2c(F)cc(F)cc2F)nc1. The van der Waals surface area contributed by atoms with Crippen molar-refractivity contribution in [3.8, 4) is 11.6 Å². The molecule has 0 atom stereocenters. The highest BCUT2D eigenvalue weighted by molar-refractivity contribution is 5.79. The molecule has 150 valence electrons. The number of benzene rings is 2. The van der Waals surface area contributed by atoms with Crippen molar-refractivity contribution in [3.63, 3.8) is 0 Å². The molecule has 0 aliphatic heterocycles. The first-order valence-corrected chi connectivity index (χ1v) is 8.66. The molecule has 0 aliphatic rings. The Kier molecular flexibility index (Phi) is 5.01. The van der Waals surface area contributed by atoms with Crippen molar-refractivity contribution >= 4 is 17.2 Å². The Morgan fingerprint density at radius 2 is 1.77 bits per heavy atom. The Morgan fingerprint density at radius 1 is 1.00 bits per heavy atom. The molecule has 0 aliphatic carbocycles. The van der Waals surface area contributed by atoms with E-state index in [1.165, 1.54) is 35.0 Å². The van der Waals surface area contributed by atoms with E-state index in [4.69, 9.17) is 4.74 Å². The van der Waals surface area contributed by atoms with Gasteiger partial charge in [-0.3, -0.25) is 9.59 Å². The van der Waals surface area contributed by atoms with Gasteiger partial charge < -0.3 is 9.30 Å². The van der Waals surface area contributed by atoms with Crippen molar-refractivity contribution in [1.29, 1.82) is 0 Å². The zero-order chi connectivity index (χ0) is 21.3. The van der Waals surface area contributed by atoms with Crippen molar-refractivity contribution in [1.82, 2.24) is 14.5 Å². The van der Waals surface area contributed by atoms with E-state index in [1.54, 1.807) is 6.07 Å². The number of hydrogen-bond donors (Lipinski definition) is 0. The average molecular weight is 411 g/mol. The summed E-state index contributed by atoms with van der Waals surface area (Å²) in [6.07, 6.45) is 3.14. The zero-order valence-corrected chi connectivity index (χ0v) is 15.2. The molecule has 2 aromatic carbocycles. The number of ether oxygens (including phenoxy) is 1. The van der Waals surface area contributed by atoms with Crippen LogP contribution in [0.15, 0.2) is 59.8 Å². The molecule has 0 spiro atoms. The Balaban J connectivity index is 1.71. The van der Waals surface area contributed by atoms with Crippen LogP contribution in [-0.4, -0.2) is 20.8 Å². The third-order valence-electron chi connectivity index (χ3n) is 4.37. The van der Waals surface area contributed by atoms with E-state index in [-0.39, 0.29) is 29.1 Å². The summed E-state index contributed by atoms with van der Waals surface area (Å²) in [6, 6.07) is 8.70. The lowest BCUT2D eigenvalue weighted by molar-refractivity contribution is 0.112. The van der Waals surface area contributed by atoms with Crippen molar-refractivity contribution in [2.75, 3.05) is 0 Å². The van der Waals surface area contributed by atoms with Crippen LogP contribution in [0, 0.1) is 17.5 Å². The summed E-state index contributed by atoms with van der Waals surface area (Å²) in [6.45, 7) is -0.295. The fourth-order valence-corrected chi connectivity index (χ4v) is 2.92. The average Bonchev–Trinajstić information content (AvgIpc) is 2.73. The first kappa shape index (κ1) is 19.3. The summed E-state index contributed by atoms with van der Waals surface area (Å²) in [5.41, 5.74) is -0.179. The third-order valence-corrected chi connectivity index (χ3v) is 4.37. The predicted molar refractivity (Wildman–Crippen MR) is 101 cm³/mol. The number of carbonyl (C=O) groups excluding carboxylic acids is 1. The monoisotopic (exact) mass is 411 g/mol. The van der Waals surface area contributed by atoms with Crippen LogP contribution in [0.25, 0.3) is 10.9 Å². The molecule has 0 fully saturated rings. The second-order valence-corrected chi connectivity index (χ2v) is 6.35. The van der Waals surface area contributed by atoms with Gasteiger partial charge in [-0.05, 0) is 24.3 Å². The van der Waals surface area contributed by atoms with Crippen LogP contribution < -0.4 is 10.3 Å². The molecule has 9 heteroatoms. The topological polar surface area (TPSA) is 74.1 Å². The van der Waals surface area contributed by atoms with Gasteiger partial charge in [0.2, 0.25) is 5.88 Å². The van der Waals surface area contributed by atoms with E-state index >= 15 is 0 Å². The number of rotatable bonds is 5. The molecule has 4 rings (SSSR count). The maximum Gasteiger partial charge on any atom is 0.280 e. The first-order valence-electron chi connectivity index (χ1n) is 8.66. The van der Waals surface area contributed by atoms with Gasteiger partial charge in [-0.2, -0.15) is 4.98 Å². The van der Waals surface area contributed by atoms with E-state index in [0.29, 0.717) is 29.5 Å². The standard InChI is InChI=1S/C21H12F3N3O3/c22-13-5-17(23)16(18(24)6-13)9-27-11-26-21(29)15-7-14(2-3-19(15)27)30-20-4-1-12(10-28)8-25-20/h1-8,10-11H,9H2. The van der Waals surface area contributed by atoms with Gasteiger partial charge in [-0.25, -0.2) is 18.2 Å². The van der Waals surface area contributed by atoms with Gasteiger partial charge in [0.05, 0.1) is 23.8 Å². The van der Waals surface area contributed by atoms with E-state index in [9.17, 15) is 22.8 Å². The van der Waals surface area contributed by atoms with E-state index < -0.39 is 23.0 Å². The largest absolute Gasteiger partial charge is 0.439 e. The second kappa shape index (κ2) is 7.78. The smallest absolute Gasteiger partial charge is 0.280 e. The molecule has 0 unspecified atom stereocenters. The number of aromatic nitrogens is 3. The van der Waals surface area contributed by atoms with Gasteiger partial charge in [-0.15, -0.1) is 0 Å². The molecule has 0 N–H and O–H groups in total. The molecule has 2 aromatic heterocycles. The molecule has 0 bridgehead atoms. The summed E-state index contributed by atoms with van der Waals surface area (Å²) in [4.78, 5) is 30.6. The number of hydrogen-bond acceptors (Lipinski definition) is 5. The molecule has 0 saturated heterocycles. The second-order valence-electron chi connectivity index (χ2n) is 6.35. The summed E-state index contributed by atoms with van der Waals surface area (Å²) >= 11 is 0. The Bertz CT molecular complexity index is 1300. The van der Waals surface area contributed by atoms with Gasteiger partial charge in [0.25, 0.3) is 5.56 Å². The Labute approximate surface area is 167 Å². The number of halogens is 3. The van der Waals surface area contributed by atoms with Gasteiger partial charge in [0.15, 0.2) is 6.29 Å². The van der Waals surface area contributed by atoms with Crippen LogP contribution in [0.2, 0.25) is 0 Å². The van der Waals surface area contributed by atoms with Crippen molar-refractivity contribution in [3.05, 3.63) is 93.9 Å². The Morgan fingerprint density at radius 3 is 2.43 bits per heavy atom. The highest BCUT2D eigenvalue weighted by atomic mass is 19.1. The number of fused-ring (bicyclic) bond motifs is 1. The quantitative estimate of drug-likeness (QED) is 0.466. The molecule has 0 saturated carbocycles. The molecular weight excluding hydrogens is 399 g/mol. The summed E-state index contributed by atoms with van der Waals surface area (Å²) in [5, 5.41) is 0.155. The summed E-state index contributed by atoms with van der Waals surface area (Å²) < 4.78 is 48.1. The molecule has 0 radical (unpaired) electrons. The summed E-state index contributed by atoms with van der Waals surface area (Å²) in [7, 11) is 0. The van der Waals surface area contributed by atoms with Crippen molar-refractivity contribution in [2.45, 2.75) is 6.54 Å². The van der Waals surface area contributed by atoms with Crippen LogP contribution in [0.3, 0.4) is 0 Å². The van der Waals surface area contributed by atoms with Gasteiger partial charge in [0.1, 0.15) is 23.2 Å². The van der Waals surface area contributed by atoms with Gasteiger partial charge in [0, 0.05) is 35.5 Å². The van der Waals surface area contributed by atoms with E-state index in [2.05, 4.69) is 9.97 Å². The minimum atomic E-state index is -1.04. The third kappa shape index (κ3) is 3.77. The van der Waals surface area contributed by atoms with Crippen LogP contribution in [0.4, 0.5) is 13.2 Å². The van der Waals surface area contributed by atoms with Crippen LogP contribution in [0.5, 0.6) is 11.6 Å². The number of aldehydes is 1. The Hall–Kier alpha value is -4.01. The van der Waals surface area contributed by atoms with Crippen molar-refractivity contribution in [2.24, 2.45) is 0 Å². The number of pyridine rings is 1. The van der Waals surface area contributed by atoms with Crippen molar-refractivity contribution < 1.29 is 22.7 Å². The first-order chi connectivity index (χ1) is 14.4. The minimum Gasteiger partial charge on any atom is -0.439 e.